The lowest BCUT2D eigenvalue weighted by molar-refractivity contribution is 0.0828. The molecule has 114 valence electrons. The van der Waals surface area contributed by atoms with Crippen molar-refractivity contribution in [2.75, 3.05) is 14.1 Å². The smallest absolute Gasteiger partial charge is 0.0244 e. The highest BCUT2D eigenvalue weighted by molar-refractivity contribution is 5.27. The van der Waals surface area contributed by atoms with Gasteiger partial charge in [0.05, 0.1) is 0 Å². The maximum absolute atomic E-state index is 2.48. The predicted molar refractivity (Wildman–Crippen MR) is 90.3 cm³/mol. The third kappa shape index (κ3) is 4.09. The number of hydrogen-bond donors (Lipinski definition) is 0. The average molecular weight is 275 g/mol. The molecule has 2 rings (SSSR count). The Balaban J connectivity index is 0.000000956. The lowest BCUT2D eigenvalue weighted by atomic mass is 9.73. The third-order valence-electron chi connectivity index (χ3n) is 4.93. The van der Waals surface area contributed by atoms with Crippen LogP contribution in [0.3, 0.4) is 0 Å². The van der Waals surface area contributed by atoms with E-state index in [0.29, 0.717) is 5.54 Å². The number of aryl methyl sites for hydroxylation is 1. The van der Waals surface area contributed by atoms with Gasteiger partial charge in [0, 0.05) is 5.54 Å². The van der Waals surface area contributed by atoms with E-state index >= 15 is 0 Å². The number of hydrogen-bond acceptors (Lipinski definition) is 1. The van der Waals surface area contributed by atoms with Gasteiger partial charge in [-0.25, -0.2) is 0 Å². The van der Waals surface area contributed by atoms with E-state index in [4.69, 9.17) is 0 Å². The largest absolute Gasteiger partial charge is 0.303 e. The van der Waals surface area contributed by atoms with Gasteiger partial charge in [-0.2, -0.15) is 0 Å². The van der Waals surface area contributed by atoms with Crippen LogP contribution in [0.5, 0.6) is 0 Å². The molecule has 0 saturated heterocycles. The highest BCUT2D eigenvalue weighted by Crippen LogP contribution is 2.38. The molecule has 0 spiro atoms. The maximum Gasteiger partial charge on any atom is 0.0244 e. The first-order valence-electron chi connectivity index (χ1n) is 8.25. The highest BCUT2D eigenvalue weighted by atomic mass is 15.1. The summed E-state index contributed by atoms with van der Waals surface area (Å²) in [6, 6.07) is 8.87. The molecule has 1 aliphatic carbocycles. The second kappa shape index (κ2) is 7.83. The molecule has 1 aromatic rings. The van der Waals surface area contributed by atoms with Crippen LogP contribution >= 0.6 is 0 Å². The lowest BCUT2D eigenvalue weighted by Gasteiger charge is -2.45. The third-order valence-corrected chi connectivity index (χ3v) is 4.93. The summed E-state index contributed by atoms with van der Waals surface area (Å²) >= 11 is 0. The van der Waals surface area contributed by atoms with E-state index in [1.54, 1.807) is 0 Å². The van der Waals surface area contributed by atoms with Gasteiger partial charge in [-0.1, -0.05) is 45.0 Å². The van der Waals surface area contributed by atoms with Gasteiger partial charge in [0.1, 0.15) is 0 Å². The van der Waals surface area contributed by atoms with Crippen LogP contribution in [0.15, 0.2) is 24.3 Å². The first-order chi connectivity index (χ1) is 9.53. The van der Waals surface area contributed by atoms with Crippen molar-refractivity contribution in [2.45, 2.75) is 65.3 Å². The maximum atomic E-state index is 2.48. The van der Waals surface area contributed by atoms with Crippen LogP contribution in [-0.4, -0.2) is 24.5 Å². The number of benzene rings is 1. The van der Waals surface area contributed by atoms with Crippen molar-refractivity contribution < 1.29 is 0 Å². The molecular formula is C19H33N. The highest BCUT2D eigenvalue weighted by Gasteiger charge is 2.36. The van der Waals surface area contributed by atoms with Crippen LogP contribution in [0.4, 0.5) is 0 Å². The first kappa shape index (κ1) is 17.2. The van der Waals surface area contributed by atoms with Gasteiger partial charge in [0.2, 0.25) is 0 Å². The fraction of sp³-hybridized carbons (Fsp3) is 0.684. The van der Waals surface area contributed by atoms with E-state index in [-0.39, 0.29) is 0 Å². The Hall–Kier alpha value is -0.820. The van der Waals surface area contributed by atoms with E-state index in [1.807, 2.05) is 13.8 Å². The van der Waals surface area contributed by atoms with Crippen LogP contribution in [0.1, 0.15) is 57.6 Å². The van der Waals surface area contributed by atoms with Crippen LogP contribution in [0, 0.1) is 12.8 Å². The summed E-state index contributed by atoms with van der Waals surface area (Å²) in [5, 5.41) is 0. The van der Waals surface area contributed by atoms with Crippen LogP contribution in [-0.2, 0) is 6.42 Å². The molecule has 1 saturated carbocycles. The van der Waals surface area contributed by atoms with Gasteiger partial charge in [-0.3, -0.25) is 0 Å². The fourth-order valence-corrected chi connectivity index (χ4v) is 3.24. The molecule has 1 aliphatic rings. The van der Waals surface area contributed by atoms with Crippen molar-refractivity contribution in [3.05, 3.63) is 35.4 Å². The Labute approximate surface area is 126 Å². The molecule has 0 N–H and O–H groups in total. The topological polar surface area (TPSA) is 3.24 Å². The molecule has 0 unspecified atom stereocenters. The molecule has 1 fully saturated rings. The summed E-state index contributed by atoms with van der Waals surface area (Å²) in [6.07, 6.45) is 6.65. The van der Waals surface area contributed by atoms with E-state index in [9.17, 15) is 0 Å². The van der Waals surface area contributed by atoms with Gasteiger partial charge >= 0.3 is 0 Å². The first-order valence-corrected chi connectivity index (χ1v) is 8.25. The quantitative estimate of drug-likeness (QED) is 0.744. The molecule has 0 radical (unpaired) electrons. The molecular weight excluding hydrogens is 242 g/mol. The van der Waals surface area contributed by atoms with E-state index in [0.717, 1.165) is 5.92 Å². The molecule has 1 aromatic carbocycles. The number of likely N-dealkylation sites (N-methyl/N-ethyl adjacent to an activating group) is 1. The molecule has 0 amide bonds. The zero-order valence-electron chi connectivity index (χ0n) is 14.4. The van der Waals surface area contributed by atoms with Gasteiger partial charge < -0.3 is 4.90 Å². The Bertz CT molecular complexity index is 387. The van der Waals surface area contributed by atoms with Crippen molar-refractivity contribution in [1.29, 1.82) is 0 Å². The summed E-state index contributed by atoms with van der Waals surface area (Å²) in [5.41, 5.74) is 3.36. The average Bonchev–Trinajstić information content (AvgIpc) is 2.46. The summed E-state index contributed by atoms with van der Waals surface area (Å²) in [4.78, 5) is 2.48. The van der Waals surface area contributed by atoms with Crippen molar-refractivity contribution in [3.8, 4) is 0 Å². The zero-order chi connectivity index (χ0) is 15.2. The molecule has 1 nitrogen and oxygen atoms in total. The minimum Gasteiger partial charge on any atom is -0.303 e. The standard InChI is InChI=1S/C17H27N.C2H6/c1-14-9-11-17(12-10-14,18(3)4)13-16-8-6-5-7-15(16)2;1-2/h5-8,14H,9-13H2,1-4H3;1-2H3. The van der Waals surface area contributed by atoms with Crippen molar-refractivity contribution in [1.82, 2.24) is 4.90 Å². The SMILES string of the molecule is CC.Cc1ccccc1CC1(N(C)C)CCC(C)CC1. The van der Waals surface area contributed by atoms with Gasteiger partial charge in [0.25, 0.3) is 0 Å². The summed E-state index contributed by atoms with van der Waals surface area (Å²) < 4.78 is 0. The van der Waals surface area contributed by atoms with Gasteiger partial charge in [-0.05, 0) is 70.2 Å². The molecule has 0 bridgehead atoms. The van der Waals surface area contributed by atoms with Crippen LogP contribution in [0.2, 0.25) is 0 Å². The van der Waals surface area contributed by atoms with Crippen molar-refractivity contribution in [3.63, 3.8) is 0 Å². The summed E-state index contributed by atoms with van der Waals surface area (Å²) in [7, 11) is 4.52. The van der Waals surface area contributed by atoms with E-state index < -0.39 is 0 Å². The van der Waals surface area contributed by atoms with Crippen LogP contribution in [0.25, 0.3) is 0 Å². The molecule has 0 heterocycles. The molecule has 0 atom stereocenters. The minimum atomic E-state index is 0.388. The van der Waals surface area contributed by atoms with Gasteiger partial charge in [-0.15, -0.1) is 0 Å². The molecule has 1 heteroatoms. The Morgan fingerprint density at radius 1 is 1.10 bits per heavy atom. The number of rotatable bonds is 3. The number of nitrogens with zero attached hydrogens (tertiary/aromatic N) is 1. The zero-order valence-corrected chi connectivity index (χ0v) is 14.4. The Morgan fingerprint density at radius 2 is 1.65 bits per heavy atom. The van der Waals surface area contributed by atoms with Crippen molar-refractivity contribution >= 4 is 0 Å². The normalized spacial score (nSPS) is 26.1. The van der Waals surface area contributed by atoms with Crippen LogP contribution < -0.4 is 0 Å². The Kier molecular flexibility index (Phi) is 6.75. The summed E-state index contributed by atoms with van der Waals surface area (Å²) in [6.45, 7) is 8.64. The lowest BCUT2D eigenvalue weighted by Crippen LogP contribution is -2.48. The fourth-order valence-electron chi connectivity index (χ4n) is 3.24. The summed E-state index contributed by atoms with van der Waals surface area (Å²) in [5.74, 6) is 0.912. The van der Waals surface area contributed by atoms with E-state index in [1.165, 1.54) is 43.2 Å². The molecule has 20 heavy (non-hydrogen) atoms. The van der Waals surface area contributed by atoms with E-state index in [2.05, 4.69) is 57.1 Å². The Morgan fingerprint density at radius 3 is 2.15 bits per heavy atom. The second-order valence-corrected chi connectivity index (χ2v) is 6.40. The predicted octanol–water partition coefficient (Wildman–Crippen LogP) is 5.07. The van der Waals surface area contributed by atoms with Crippen molar-refractivity contribution in [2.24, 2.45) is 5.92 Å². The molecule has 0 aromatic heterocycles. The second-order valence-electron chi connectivity index (χ2n) is 6.40. The molecule has 0 aliphatic heterocycles. The van der Waals surface area contributed by atoms with Gasteiger partial charge in [0.15, 0.2) is 0 Å². The monoisotopic (exact) mass is 275 g/mol. The minimum absolute atomic E-state index is 0.388.